The molecule has 1 saturated heterocycles. The topological polar surface area (TPSA) is 69.3 Å². The second kappa shape index (κ2) is 7.23. The lowest BCUT2D eigenvalue weighted by Gasteiger charge is -2.22. The van der Waals surface area contributed by atoms with Gasteiger partial charge in [-0.1, -0.05) is 17.7 Å². The van der Waals surface area contributed by atoms with Gasteiger partial charge in [0.25, 0.3) is 11.8 Å². The average Bonchev–Trinajstić information content (AvgIpc) is 3.02. The lowest BCUT2D eigenvalue weighted by atomic mass is 10.1. The number of aryl methyl sites for hydroxylation is 1. The monoisotopic (exact) mass is 362 g/mol. The number of hydrogen-bond donors (Lipinski definition) is 1. The summed E-state index contributed by atoms with van der Waals surface area (Å²) >= 11 is 0. The third-order valence-corrected chi connectivity index (χ3v) is 5.04. The SMILES string of the molecule is Cc1ccc(C(=O)N2CCCN(C(=O)c3ccc4nc[nH]c4c3)CC2)cc1. The van der Waals surface area contributed by atoms with E-state index in [0.717, 1.165) is 23.0 Å². The minimum Gasteiger partial charge on any atom is -0.345 e. The predicted molar refractivity (Wildman–Crippen MR) is 104 cm³/mol. The van der Waals surface area contributed by atoms with Gasteiger partial charge in [-0.2, -0.15) is 0 Å². The predicted octanol–water partition coefficient (Wildman–Crippen LogP) is 2.86. The van der Waals surface area contributed by atoms with E-state index >= 15 is 0 Å². The van der Waals surface area contributed by atoms with Crippen LogP contribution in [0.5, 0.6) is 0 Å². The molecule has 2 heterocycles. The number of H-pyrrole nitrogens is 1. The third kappa shape index (κ3) is 3.56. The molecule has 0 atom stereocenters. The van der Waals surface area contributed by atoms with E-state index in [4.69, 9.17) is 0 Å². The Morgan fingerprint density at radius 2 is 1.52 bits per heavy atom. The second-order valence-electron chi connectivity index (χ2n) is 6.94. The zero-order valence-corrected chi connectivity index (χ0v) is 15.3. The van der Waals surface area contributed by atoms with Crippen LogP contribution in [0.25, 0.3) is 11.0 Å². The Labute approximate surface area is 157 Å². The van der Waals surface area contributed by atoms with Crippen molar-refractivity contribution < 1.29 is 9.59 Å². The van der Waals surface area contributed by atoms with Gasteiger partial charge in [-0.3, -0.25) is 9.59 Å². The van der Waals surface area contributed by atoms with Crippen LogP contribution >= 0.6 is 0 Å². The molecule has 1 aliphatic rings. The van der Waals surface area contributed by atoms with Crippen LogP contribution in [0, 0.1) is 6.92 Å². The normalized spacial score (nSPS) is 15.0. The van der Waals surface area contributed by atoms with Crippen molar-refractivity contribution in [3.8, 4) is 0 Å². The lowest BCUT2D eigenvalue weighted by molar-refractivity contribution is 0.0719. The van der Waals surface area contributed by atoms with E-state index in [1.807, 2.05) is 59.2 Å². The van der Waals surface area contributed by atoms with Gasteiger partial charge < -0.3 is 14.8 Å². The molecule has 0 radical (unpaired) electrons. The van der Waals surface area contributed by atoms with Crippen LogP contribution in [0.1, 0.15) is 32.7 Å². The summed E-state index contributed by atoms with van der Waals surface area (Å²) in [5.41, 5.74) is 4.17. The number of aromatic amines is 1. The minimum absolute atomic E-state index is 0.00358. The highest BCUT2D eigenvalue weighted by molar-refractivity contribution is 5.97. The summed E-state index contributed by atoms with van der Waals surface area (Å²) in [7, 11) is 0. The maximum absolute atomic E-state index is 12.9. The van der Waals surface area contributed by atoms with Crippen molar-refractivity contribution in [2.24, 2.45) is 0 Å². The van der Waals surface area contributed by atoms with Gasteiger partial charge in [0.2, 0.25) is 0 Å². The summed E-state index contributed by atoms with van der Waals surface area (Å²) in [6.07, 6.45) is 2.40. The number of nitrogens with zero attached hydrogens (tertiary/aromatic N) is 3. The molecule has 0 unspecified atom stereocenters. The molecule has 1 fully saturated rings. The Morgan fingerprint density at radius 1 is 0.889 bits per heavy atom. The van der Waals surface area contributed by atoms with Gasteiger partial charge in [0.05, 0.1) is 17.4 Å². The number of benzene rings is 2. The Kier molecular flexibility index (Phi) is 4.62. The van der Waals surface area contributed by atoms with Crippen molar-refractivity contribution in [2.45, 2.75) is 13.3 Å². The summed E-state index contributed by atoms with van der Waals surface area (Å²) in [5.74, 6) is 0.0271. The maximum Gasteiger partial charge on any atom is 0.253 e. The zero-order valence-electron chi connectivity index (χ0n) is 15.3. The number of amides is 2. The standard InChI is InChI=1S/C21H22N4O2/c1-15-3-5-16(6-4-15)20(26)24-9-2-10-25(12-11-24)21(27)17-7-8-18-19(13-17)23-14-22-18/h3-8,13-14H,2,9-12H2,1H3,(H,22,23). The molecule has 4 rings (SSSR count). The van der Waals surface area contributed by atoms with E-state index in [1.165, 1.54) is 0 Å². The molecule has 6 nitrogen and oxygen atoms in total. The Balaban J connectivity index is 1.45. The molecule has 138 valence electrons. The highest BCUT2D eigenvalue weighted by Gasteiger charge is 2.23. The summed E-state index contributed by atoms with van der Waals surface area (Å²) in [6.45, 7) is 4.40. The smallest absolute Gasteiger partial charge is 0.253 e. The van der Waals surface area contributed by atoms with E-state index in [2.05, 4.69) is 9.97 Å². The van der Waals surface area contributed by atoms with E-state index in [1.54, 1.807) is 6.33 Å². The number of aromatic nitrogens is 2. The molecular weight excluding hydrogens is 340 g/mol. The van der Waals surface area contributed by atoms with Crippen LogP contribution in [0.15, 0.2) is 48.8 Å². The fourth-order valence-corrected chi connectivity index (χ4v) is 3.45. The largest absolute Gasteiger partial charge is 0.345 e. The van der Waals surface area contributed by atoms with E-state index in [-0.39, 0.29) is 11.8 Å². The highest BCUT2D eigenvalue weighted by Crippen LogP contribution is 2.16. The molecule has 0 aliphatic carbocycles. The first kappa shape index (κ1) is 17.3. The molecule has 3 aromatic rings. The lowest BCUT2D eigenvalue weighted by Crippen LogP contribution is -2.37. The molecule has 0 spiro atoms. The summed E-state index contributed by atoms with van der Waals surface area (Å²) < 4.78 is 0. The number of carbonyl (C=O) groups is 2. The Hall–Kier alpha value is -3.15. The van der Waals surface area contributed by atoms with Crippen LogP contribution in [0.4, 0.5) is 0 Å². The van der Waals surface area contributed by atoms with Crippen LogP contribution in [-0.2, 0) is 0 Å². The number of rotatable bonds is 2. The number of imidazole rings is 1. The summed E-state index contributed by atoms with van der Waals surface area (Å²) in [4.78, 5) is 36.5. The van der Waals surface area contributed by atoms with E-state index in [9.17, 15) is 9.59 Å². The van der Waals surface area contributed by atoms with Crippen molar-refractivity contribution in [3.05, 3.63) is 65.5 Å². The van der Waals surface area contributed by atoms with Crippen LogP contribution in [0.2, 0.25) is 0 Å². The van der Waals surface area contributed by atoms with Crippen molar-refractivity contribution in [1.29, 1.82) is 0 Å². The molecule has 0 bridgehead atoms. The second-order valence-corrected chi connectivity index (χ2v) is 6.94. The van der Waals surface area contributed by atoms with Crippen molar-refractivity contribution in [2.75, 3.05) is 26.2 Å². The Bertz CT molecular complexity index is 977. The van der Waals surface area contributed by atoms with Gasteiger partial charge in [-0.25, -0.2) is 4.98 Å². The van der Waals surface area contributed by atoms with Gasteiger partial charge in [-0.15, -0.1) is 0 Å². The molecular formula is C21H22N4O2. The van der Waals surface area contributed by atoms with E-state index in [0.29, 0.717) is 37.3 Å². The first-order chi connectivity index (χ1) is 13.1. The maximum atomic E-state index is 12.9. The van der Waals surface area contributed by atoms with Gasteiger partial charge >= 0.3 is 0 Å². The van der Waals surface area contributed by atoms with Crippen molar-refractivity contribution >= 4 is 22.8 Å². The molecule has 6 heteroatoms. The zero-order chi connectivity index (χ0) is 18.8. The van der Waals surface area contributed by atoms with Crippen LogP contribution in [-0.4, -0.2) is 57.8 Å². The third-order valence-electron chi connectivity index (χ3n) is 5.04. The molecule has 1 N–H and O–H groups in total. The number of carbonyl (C=O) groups excluding carboxylic acids is 2. The van der Waals surface area contributed by atoms with Crippen molar-refractivity contribution in [1.82, 2.24) is 19.8 Å². The van der Waals surface area contributed by atoms with Crippen molar-refractivity contribution in [3.63, 3.8) is 0 Å². The number of nitrogens with one attached hydrogen (secondary N) is 1. The molecule has 1 aromatic heterocycles. The number of hydrogen-bond acceptors (Lipinski definition) is 3. The quantitative estimate of drug-likeness (QED) is 0.762. The number of fused-ring (bicyclic) bond motifs is 1. The molecule has 2 amide bonds. The summed E-state index contributed by atoms with van der Waals surface area (Å²) in [6, 6.07) is 13.1. The molecule has 27 heavy (non-hydrogen) atoms. The molecule has 1 aliphatic heterocycles. The van der Waals surface area contributed by atoms with Gasteiger partial charge in [-0.05, 0) is 43.7 Å². The Morgan fingerprint density at radius 3 is 2.22 bits per heavy atom. The van der Waals surface area contributed by atoms with Crippen LogP contribution in [0.3, 0.4) is 0 Å². The summed E-state index contributed by atoms with van der Waals surface area (Å²) in [5, 5.41) is 0. The van der Waals surface area contributed by atoms with Gasteiger partial charge in [0.1, 0.15) is 0 Å². The van der Waals surface area contributed by atoms with Crippen LogP contribution < -0.4 is 0 Å². The molecule has 2 aromatic carbocycles. The molecule has 0 saturated carbocycles. The van der Waals surface area contributed by atoms with Gasteiger partial charge in [0, 0.05) is 37.3 Å². The minimum atomic E-state index is -0.00358. The highest BCUT2D eigenvalue weighted by atomic mass is 16.2. The average molecular weight is 362 g/mol. The first-order valence-electron chi connectivity index (χ1n) is 9.20. The fourth-order valence-electron chi connectivity index (χ4n) is 3.45. The van der Waals surface area contributed by atoms with Gasteiger partial charge in [0.15, 0.2) is 0 Å². The fraction of sp³-hybridized carbons (Fsp3) is 0.286. The van der Waals surface area contributed by atoms with E-state index < -0.39 is 0 Å². The first-order valence-corrected chi connectivity index (χ1v) is 9.20.